The van der Waals surface area contributed by atoms with Crippen molar-refractivity contribution in [3.8, 4) is 0 Å². The highest BCUT2D eigenvalue weighted by Crippen LogP contribution is 2.28. The van der Waals surface area contributed by atoms with Gasteiger partial charge in [-0.05, 0) is 31.9 Å². The summed E-state index contributed by atoms with van der Waals surface area (Å²) >= 11 is 0. The second kappa shape index (κ2) is 6.56. The van der Waals surface area contributed by atoms with Crippen LogP contribution in [0.4, 0.5) is 0 Å². The highest BCUT2D eigenvalue weighted by atomic mass is 16.4. The molecular formula is C14H20N2O4. The maximum absolute atomic E-state index is 12.1. The van der Waals surface area contributed by atoms with Crippen molar-refractivity contribution in [3.05, 3.63) is 24.2 Å². The van der Waals surface area contributed by atoms with Gasteiger partial charge in [0.25, 0.3) is 0 Å². The summed E-state index contributed by atoms with van der Waals surface area (Å²) in [6, 6.07) is 3.60. The maximum Gasteiger partial charge on any atom is 0.304 e. The van der Waals surface area contributed by atoms with E-state index in [-0.39, 0.29) is 18.4 Å². The lowest BCUT2D eigenvalue weighted by Crippen LogP contribution is -2.46. The Morgan fingerprint density at radius 3 is 2.85 bits per heavy atom. The molecule has 1 saturated carbocycles. The number of carboxylic acids is 1. The molecule has 20 heavy (non-hydrogen) atoms. The largest absolute Gasteiger partial charge is 0.481 e. The molecule has 1 aromatic rings. The fourth-order valence-electron chi connectivity index (χ4n) is 2.21. The molecule has 2 rings (SSSR count). The van der Waals surface area contributed by atoms with Crippen LogP contribution in [0.5, 0.6) is 0 Å². The van der Waals surface area contributed by atoms with Gasteiger partial charge in [0.15, 0.2) is 0 Å². The van der Waals surface area contributed by atoms with E-state index in [0.29, 0.717) is 24.9 Å². The number of hydrogen-bond donors (Lipinski definition) is 2. The molecule has 0 radical (unpaired) electrons. The molecule has 0 spiro atoms. The van der Waals surface area contributed by atoms with Crippen LogP contribution in [0, 0.1) is 0 Å². The standard InChI is InChI=1S/C14H20N2O4/c1-10(14(19)15-9-12-3-2-8-20-12)16(11-4-5-11)7-6-13(17)18/h2-3,8,10-11H,4-7,9H2,1H3,(H,15,19)(H,17,18). The van der Waals surface area contributed by atoms with E-state index >= 15 is 0 Å². The first-order valence-electron chi connectivity index (χ1n) is 6.85. The number of furan rings is 1. The van der Waals surface area contributed by atoms with Crippen LogP contribution in [0.15, 0.2) is 22.8 Å². The zero-order valence-corrected chi connectivity index (χ0v) is 11.5. The lowest BCUT2D eigenvalue weighted by molar-refractivity contribution is -0.138. The molecule has 0 saturated heterocycles. The summed E-state index contributed by atoms with van der Waals surface area (Å²) in [5.41, 5.74) is 0. The first-order valence-corrected chi connectivity index (χ1v) is 6.85. The molecule has 0 aliphatic heterocycles. The molecule has 0 bridgehead atoms. The minimum Gasteiger partial charge on any atom is -0.481 e. The number of aliphatic carboxylic acids is 1. The second-order valence-electron chi connectivity index (χ2n) is 5.09. The summed E-state index contributed by atoms with van der Waals surface area (Å²) in [6.45, 7) is 2.58. The number of rotatable bonds is 8. The van der Waals surface area contributed by atoms with Gasteiger partial charge in [0, 0.05) is 12.6 Å². The van der Waals surface area contributed by atoms with Crippen molar-refractivity contribution in [2.45, 2.75) is 44.8 Å². The third-order valence-corrected chi connectivity index (χ3v) is 3.49. The van der Waals surface area contributed by atoms with E-state index in [1.807, 2.05) is 11.8 Å². The van der Waals surface area contributed by atoms with Gasteiger partial charge in [-0.15, -0.1) is 0 Å². The quantitative estimate of drug-likeness (QED) is 0.748. The highest BCUT2D eigenvalue weighted by molar-refractivity contribution is 5.81. The SMILES string of the molecule is CC(C(=O)NCc1ccco1)N(CCC(=O)O)C1CC1. The third kappa shape index (κ3) is 4.09. The number of carbonyl (C=O) groups excluding carboxylic acids is 1. The van der Waals surface area contributed by atoms with Crippen molar-refractivity contribution in [1.29, 1.82) is 0 Å². The molecule has 6 heteroatoms. The van der Waals surface area contributed by atoms with E-state index in [9.17, 15) is 9.59 Å². The Balaban J connectivity index is 1.84. The second-order valence-corrected chi connectivity index (χ2v) is 5.09. The molecule has 1 amide bonds. The molecule has 1 aliphatic carbocycles. The molecule has 0 aromatic carbocycles. The van der Waals surface area contributed by atoms with Gasteiger partial charge in [0.05, 0.1) is 25.3 Å². The summed E-state index contributed by atoms with van der Waals surface area (Å²) in [7, 11) is 0. The van der Waals surface area contributed by atoms with E-state index in [4.69, 9.17) is 9.52 Å². The van der Waals surface area contributed by atoms with Gasteiger partial charge in [0.1, 0.15) is 5.76 Å². The Kier molecular flexibility index (Phi) is 4.79. The van der Waals surface area contributed by atoms with E-state index in [1.54, 1.807) is 18.4 Å². The van der Waals surface area contributed by atoms with Gasteiger partial charge in [0.2, 0.25) is 5.91 Å². The lowest BCUT2D eigenvalue weighted by Gasteiger charge is -2.27. The van der Waals surface area contributed by atoms with Gasteiger partial charge in [-0.3, -0.25) is 14.5 Å². The van der Waals surface area contributed by atoms with Crippen LogP contribution in [0.1, 0.15) is 31.9 Å². The summed E-state index contributed by atoms with van der Waals surface area (Å²) in [5.74, 6) is -0.230. The van der Waals surface area contributed by atoms with Gasteiger partial charge in [-0.2, -0.15) is 0 Å². The Morgan fingerprint density at radius 2 is 2.30 bits per heavy atom. The van der Waals surface area contributed by atoms with Crippen molar-refractivity contribution in [3.63, 3.8) is 0 Å². The topological polar surface area (TPSA) is 82.8 Å². The van der Waals surface area contributed by atoms with E-state index in [0.717, 1.165) is 12.8 Å². The van der Waals surface area contributed by atoms with Gasteiger partial charge >= 0.3 is 5.97 Å². The summed E-state index contributed by atoms with van der Waals surface area (Å²) < 4.78 is 5.16. The molecule has 6 nitrogen and oxygen atoms in total. The first-order chi connectivity index (χ1) is 9.58. The van der Waals surface area contributed by atoms with Crippen LogP contribution < -0.4 is 5.32 Å². The van der Waals surface area contributed by atoms with Crippen LogP contribution in [0.2, 0.25) is 0 Å². The maximum atomic E-state index is 12.1. The number of nitrogens with zero attached hydrogens (tertiary/aromatic N) is 1. The Morgan fingerprint density at radius 1 is 1.55 bits per heavy atom. The molecule has 2 N–H and O–H groups in total. The minimum absolute atomic E-state index is 0.0618. The number of amides is 1. The molecule has 1 aliphatic rings. The molecule has 1 unspecified atom stereocenters. The van der Waals surface area contributed by atoms with Crippen molar-refractivity contribution in [2.24, 2.45) is 0 Å². The molecule has 1 atom stereocenters. The normalized spacial score (nSPS) is 16.1. The number of carboxylic acid groups (broad SMARTS) is 1. The average Bonchev–Trinajstić information content (AvgIpc) is 3.11. The molecule has 1 aromatic heterocycles. The Hall–Kier alpha value is -1.82. The zero-order chi connectivity index (χ0) is 14.5. The Bertz CT molecular complexity index is 454. The number of hydrogen-bond acceptors (Lipinski definition) is 4. The first kappa shape index (κ1) is 14.6. The molecule has 1 heterocycles. The molecular weight excluding hydrogens is 260 g/mol. The number of carbonyl (C=O) groups is 2. The zero-order valence-electron chi connectivity index (χ0n) is 11.5. The smallest absolute Gasteiger partial charge is 0.304 e. The van der Waals surface area contributed by atoms with Crippen LogP contribution in [0.3, 0.4) is 0 Å². The van der Waals surface area contributed by atoms with Crippen LogP contribution in [-0.2, 0) is 16.1 Å². The van der Waals surface area contributed by atoms with Crippen molar-refractivity contribution in [2.75, 3.05) is 6.54 Å². The van der Waals surface area contributed by atoms with Gasteiger partial charge in [-0.1, -0.05) is 0 Å². The van der Waals surface area contributed by atoms with Crippen LogP contribution in [0.25, 0.3) is 0 Å². The molecule has 110 valence electrons. The predicted molar refractivity (Wildman–Crippen MR) is 72.0 cm³/mol. The van der Waals surface area contributed by atoms with Crippen molar-refractivity contribution >= 4 is 11.9 Å². The third-order valence-electron chi connectivity index (χ3n) is 3.49. The van der Waals surface area contributed by atoms with Crippen molar-refractivity contribution < 1.29 is 19.1 Å². The van der Waals surface area contributed by atoms with Gasteiger partial charge in [-0.25, -0.2) is 0 Å². The van der Waals surface area contributed by atoms with Crippen LogP contribution in [-0.4, -0.2) is 40.5 Å². The van der Waals surface area contributed by atoms with E-state index < -0.39 is 5.97 Å². The Labute approximate surface area is 117 Å². The van der Waals surface area contributed by atoms with Gasteiger partial charge < -0.3 is 14.8 Å². The number of nitrogens with one attached hydrogen (secondary N) is 1. The minimum atomic E-state index is -0.834. The van der Waals surface area contributed by atoms with E-state index in [1.165, 1.54) is 0 Å². The predicted octanol–water partition coefficient (Wildman–Crippen LogP) is 1.22. The van der Waals surface area contributed by atoms with Crippen molar-refractivity contribution in [1.82, 2.24) is 10.2 Å². The fraction of sp³-hybridized carbons (Fsp3) is 0.571. The lowest BCUT2D eigenvalue weighted by atomic mass is 10.2. The van der Waals surface area contributed by atoms with E-state index in [2.05, 4.69) is 5.32 Å². The summed E-state index contributed by atoms with van der Waals surface area (Å²) in [6.07, 6.45) is 3.70. The summed E-state index contributed by atoms with van der Waals surface area (Å²) in [4.78, 5) is 24.8. The summed E-state index contributed by atoms with van der Waals surface area (Å²) in [5, 5.41) is 11.6. The fourth-order valence-corrected chi connectivity index (χ4v) is 2.21. The monoisotopic (exact) mass is 280 g/mol. The molecule has 1 fully saturated rings. The highest BCUT2D eigenvalue weighted by Gasteiger charge is 2.34. The average molecular weight is 280 g/mol. The van der Waals surface area contributed by atoms with Crippen LogP contribution >= 0.6 is 0 Å².